The first-order chi connectivity index (χ1) is 16.2. The molecule has 1 heterocycles. The summed E-state index contributed by atoms with van der Waals surface area (Å²) in [5.41, 5.74) is 6.32. The lowest BCUT2D eigenvalue weighted by atomic mass is 9.73. The summed E-state index contributed by atoms with van der Waals surface area (Å²) in [6.45, 7) is 13.1. The normalized spacial score (nSPS) is 31.2. The molecule has 4 fully saturated rings. The van der Waals surface area contributed by atoms with Crippen molar-refractivity contribution in [1.82, 2.24) is 4.90 Å². The Kier molecular flexibility index (Phi) is 6.84. The number of nitrogens with two attached hydrogens (primary N) is 1. The number of rotatable bonds is 10. The molecular formula is C29H48N2O4. The zero-order chi connectivity index (χ0) is 26.0. The predicted molar refractivity (Wildman–Crippen MR) is 136 cm³/mol. The minimum atomic E-state index is -1.09. The van der Waals surface area contributed by atoms with Crippen LogP contribution in [0.5, 0.6) is 0 Å². The van der Waals surface area contributed by atoms with Gasteiger partial charge in [0, 0.05) is 24.8 Å². The van der Waals surface area contributed by atoms with E-state index in [1.54, 1.807) is 4.90 Å². The summed E-state index contributed by atoms with van der Waals surface area (Å²) < 4.78 is 0. The molecule has 0 radical (unpaired) electrons. The van der Waals surface area contributed by atoms with Crippen LogP contribution < -0.4 is 5.73 Å². The van der Waals surface area contributed by atoms with Gasteiger partial charge in [-0.1, -0.05) is 54.4 Å². The average molecular weight is 489 g/mol. The van der Waals surface area contributed by atoms with Crippen molar-refractivity contribution >= 4 is 17.5 Å². The van der Waals surface area contributed by atoms with Crippen molar-refractivity contribution in [3.05, 3.63) is 0 Å². The molecular weight excluding hydrogens is 440 g/mol. The molecule has 3 aliphatic carbocycles. The van der Waals surface area contributed by atoms with Crippen LogP contribution in [0.1, 0.15) is 106 Å². The molecule has 4 rings (SSSR count). The van der Waals surface area contributed by atoms with Crippen molar-refractivity contribution in [2.24, 2.45) is 39.2 Å². The van der Waals surface area contributed by atoms with Crippen LogP contribution in [-0.2, 0) is 14.4 Å². The third kappa shape index (κ3) is 4.21. The third-order valence-corrected chi connectivity index (χ3v) is 10.8. The predicted octanol–water partition coefficient (Wildman–Crippen LogP) is 4.26. The van der Waals surface area contributed by atoms with Crippen LogP contribution in [0.2, 0.25) is 0 Å². The monoisotopic (exact) mass is 488 g/mol. The molecule has 2 spiro atoms. The first kappa shape index (κ1) is 26.8. The molecule has 1 aliphatic heterocycles. The van der Waals surface area contributed by atoms with Gasteiger partial charge < -0.3 is 15.7 Å². The summed E-state index contributed by atoms with van der Waals surface area (Å²) in [6, 6.07) is -1.19. The van der Waals surface area contributed by atoms with Crippen molar-refractivity contribution in [3.63, 3.8) is 0 Å². The largest absolute Gasteiger partial charge is 0.385 e. The van der Waals surface area contributed by atoms with Crippen LogP contribution in [-0.4, -0.2) is 52.2 Å². The number of ketones is 2. The van der Waals surface area contributed by atoms with Crippen molar-refractivity contribution < 1.29 is 19.5 Å². The molecule has 0 aromatic rings. The third-order valence-electron chi connectivity index (χ3n) is 10.8. The lowest BCUT2D eigenvalue weighted by Gasteiger charge is -2.34. The lowest BCUT2D eigenvalue weighted by molar-refractivity contribution is -0.141. The summed E-state index contributed by atoms with van der Waals surface area (Å²) in [5.74, 6) is -0.241. The molecule has 5 atom stereocenters. The van der Waals surface area contributed by atoms with Crippen molar-refractivity contribution in [3.8, 4) is 0 Å². The lowest BCUT2D eigenvalue weighted by Crippen LogP contribution is -2.53. The molecule has 3 saturated carbocycles. The van der Waals surface area contributed by atoms with Crippen LogP contribution in [0, 0.1) is 33.5 Å². The van der Waals surface area contributed by atoms with Gasteiger partial charge in [0.05, 0.1) is 12.1 Å². The molecule has 1 saturated heterocycles. The van der Waals surface area contributed by atoms with E-state index in [2.05, 4.69) is 13.8 Å². The fourth-order valence-corrected chi connectivity index (χ4v) is 7.79. The van der Waals surface area contributed by atoms with E-state index in [0.29, 0.717) is 31.7 Å². The molecule has 4 aliphatic rings. The maximum absolute atomic E-state index is 13.9. The minimum absolute atomic E-state index is 0.00905. The molecule has 3 N–H and O–H groups in total. The van der Waals surface area contributed by atoms with E-state index in [0.717, 1.165) is 19.3 Å². The highest BCUT2D eigenvalue weighted by atomic mass is 16.3. The molecule has 0 aromatic carbocycles. The van der Waals surface area contributed by atoms with Gasteiger partial charge in [-0.25, -0.2) is 0 Å². The molecule has 0 bridgehead atoms. The van der Waals surface area contributed by atoms with Gasteiger partial charge in [-0.2, -0.15) is 0 Å². The first-order valence-electron chi connectivity index (χ1n) is 14.0. The second-order valence-corrected chi connectivity index (χ2v) is 14.0. The Morgan fingerprint density at radius 1 is 1.11 bits per heavy atom. The summed E-state index contributed by atoms with van der Waals surface area (Å²) in [7, 11) is 0. The van der Waals surface area contributed by atoms with Gasteiger partial charge in [0.1, 0.15) is 6.10 Å². The number of amides is 1. The Labute approximate surface area is 211 Å². The van der Waals surface area contributed by atoms with Gasteiger partial charge in [-0.3, -0.25) is 14.4 Å². The van der Waals surface area contributed by atoms with E-state index >= 15 is 0 Å². The fourth-order valence-electron chi connectivity index (χ4n) is 7.79. The molecule has 6 heteroatoms. The zero-order valence-corrected chi connectivity index (χ0v) is 22.9. The highest BCUT2D eigenvalue weighted by molar-refractivity contribution is 5.93. The Hall–Kier alpha value is -1.27. The van der Waals surface area contributed by atoms with Gasteiger partial charge in [-0.05, 0) is 66.6 Å². The quantitative estimate of drug-likeness (QED) is 0.478. The smallest absolute Gasteiger partial charge is 0.240 e. The van der Waals surface area contributed by atoms with Crippen LogP contribution in [0.25, 0.3) is 0 Å². The van der Waals surface area contributed by atoms with E-state index in [1.807, 2.05) is 27.7 Å². The van der Waals surface area contributed by atoms with Gasteiger partial charge >= 0.3 is 0 Å². The van der Waals surface area contributed by atoms with E-state index in [-0.39, 0.29) is 46.1 Å². The molecule has 6 nitrogen and oxygen atoms in total. The highest BCUT2D eigenvalue weighted by Gasteiger charge is 2.85. The van der Waals surface area contributed by atoms with E-state index < -0.39 is 23.6 Å². The number of aliphatic hydroxyl groups is 1. The van der Waals surface area contributed by atoms with Crippen LogP contribution in [0.3, 0.4) is 0 Å². The minimum Gasteiger partial charge on any atom is -0.385 e. The van der Waals surface area contributed by atoms with Crippen molar-refractivity contribution in [2.45, 2.75) is 124 Å². The molecule has 2 unspecified atom stereocenters. The van der Waals surface area contributed by atoms with Gasteiger partial charge in [-0.15, -0.1) is 0 Å². The van der Waals surface area contributed by atoms with Crippen molar-refractivity contribution in [1.29, 1.82) is 0 Å². The number of Topliss-reactive ketones (excluding diaryl/α,β-unsaturated/α-hetero) is 2. The molecule has 198 valence electrons. The summed E-state index contributed by atoms with van der Waals surface area (Å²) in [5, 5.41) is 10.9. The first-order valence-corrected chi connectivity index (χ1v) is 14.0. The van der Waals surface area contributed by atoms with Gasteiger partial charge in [0.2, 0.25) is 5.91 Å². The zero-order valence-electron chi connectivity index (χ0n) is 22.9. The number of likely N-dealkylation sites (tertiary alicyclic amines) is 1. The summed E-state index contributed by atoms with van der Waals surface area (Å²) >= 11 is 0. The maximum atomic E-state index is 13.9. The standard InChI is InChI=1S/C29H48N2O4/c1-7-9-19(23(34)22(33)14-18-10-11-18)15-21(32)20-16-29(27(5,6)28(29)12-8-13-28)17-31(20)25(35)24(30)26(2,3)4/h18-20,23-24,34H,7-17,30H2,1-6H3/t19?,20-,23?,24+,29+/m0/s1. The highest BCUT2D eigenvalue weighted by Crippen LogP contribution is 2.88. The fraction of sp³-hybridized carbons (Fsp3) is 0.897. The maximum Gasteiger partial charge on any atom is 0.240 e. The number of carbonyl (C=O) groups excluding carboxylic acids is 3. The average Bonchev–Trinajstić information content (AvgIpc) is 3.56. The number of hydrogen-bond acceptors (Lipinski definition) is 5. The number of nitrogens with zero attached hydrogens (tertiary/aromatic N) is 1. The number of aliphatic hydroxyl groups excluding tert-OH is 1. The van der Waals surface area contributed by atoms with Crippen molar-refractivity contribution in [2.75, 3.05) is 6.54 Å². The van der Waals surface area contributed by atoms with E-state index in [9.17, 15) is 19.5 Å². The number of carbonyl (C=O) groups is 3. The Morgan fingerprint density at radius 2 is 1.74 bits per heavy atom. The number of hydrogen-bond donors (Lipinski definition) is 2. The Balaban J connectivity index is 1.56. The second kappa shape index (κ2) is 8.93. The number of fused-ring (bicyclic) bond motifs is 1. The van der Waals surface area contributed by atoms with E-state index in [4.69, 9.17) is 5.73 Å². The van der Waals surface area contributed by atoms with Gasteiger partial charge in [0.15, 0.2) is 11.6 Å². The second-order valence-electron chi connectivity index (χ2n) is 14.0. The van der Waals surface area contributed by atoms with Crippen LogP contribution in [0.4, 0.5) is 0 Å². The topological polar surface area (TPSA) is 101 Å². The van der Waals surface area contributed by atoms with Crippen LogP contribution in [0.15, 0.2) is 0 Å². The molecule has 35 heavy (non-hydrogen) atoms. The molecule has 1 amide bonds. The Bertz CT molecular complexity index is 866. The SMILES string of the molecule is CCCC(CC(=O)[C@@H]1C[C@@]2(CN1C(=O)[C@@H](N)C(C)(C)C)C(C)(C)C21CCC1)C(O)C(=O)CC1CC1. The summed E-state index contributed by atoms with van der Waals surface area (Å²) in [4.78, 5) is 42.0. The summed E-state index contributed by atoms with van der Waals surface area (Å²) in [6.07, 6.45) is 7.26. The van der Waals surface area contributed by atoms with Crippen LogP contribution >= 0.6 is 0 Å². The molecule has 0 aromatic heterocycles. The Morgan fingerprint density at radius 3 is 2.20 bits per heavy atom. The van der Waals surface area contributed by atoms with E-state index in [1.165, 1.54) is 19.3 Å². The van der Waals surface area contributed by atoms with Gasteiger partial charge in [0.25, 0.3) is 0 Å².